The van der Waals surface area contributed by atoms with Crippen molar-refractivity contribution in [3.05, 3.63) is 59.2 Å². The van der Waals surface area contributed by atoms with Crippen LogP contribution in [-0.2, 0) is 35.2 Å². The first kappa shape index (κ1) is 30.8. The summed E-state index contributed by atoms with van der Waals surface area (Å²) in [6.07, 6.45) is 0. The summed E-state index contributed by atoms with van der Waals surface area (Å²) in [5.74, 6) is 14.7. The minimum atomic E-state index is -0.706. The number of hydrogen-bond donors (Lipinski definition) is 0. The van der Waals surface area contributed by atoms with E-state index in [2.05, 4.69) is 69.2 Å². The molecule has 0 N–H and O–H groups in total. The molecule has 0 heterocycles. The van der Waals surface area contributed by atoms with Gasteiger partial charge in [0, 0.05) is 0 Å². The van der Waals surface area contributed by atoms with Gasteiger partial charge in [0.05, 0.1) is 0 Å². The minimum absolute atomic E-state index is 0.706. The molecular weight excluding hydrogens is 568 g/mol. The van der Waals surface area contributed by atoms with E-state index in [0.29, 0.717) is 0 Å². The fourth-order valence-corrected chi connectivity index (χ4v) is 2.81. The first-order valence-electron chi connectivity index (χ1n) is 8.18. The molecule has 0 nitrogen and oxygen atoms in total. The van der Waals surface area contributed by atoms with Crippen LogP contribution >= 0.6 is 36.8 Å². The molecule has 2 saturated carbocycles. The van der Waals surface area contributed by atoms with Crippen molar-refractivity contribution in [3.8, 4) is 0 Å². The van der Waals surface area contributed by atoms with Crippen molar-refractivity contribution in [1.82, 2.24) is 0 Å². The van der Waals surface area contributed by atoms with Gasteiger partial charge in [-0.05, 0) is 59.2 Å². The Bertz CT molecular complexity index is 224. The van der Waals surface area contributed by atoms with Gasteiger partial charge in [0.2, 0.25) is 0 Å². The van der Waals surface area contributed by atoms with Gasteiger partial charge in [0.25, 0.3) is 0 Å². The van der Waals surface area contributed by atoms with E-state index in [-0.39, 0.29) is 0 Å². The Morgan fingerprint density at radius 1 is 0.308 bits per heavy atom. The molecule has 0 bridgehead atoms. The molecular formula is C20H30Cl4Nb2. The zero-order valence-electron chi connectivity index (χ0n) is 17.4. The average molecular weight is 598 g/mol. The van der Waals surface area contributed by atoms with Crippen LogP contribution in [0.25, 0.3) is 0 Å². The van der Waals surface area contributed by atoms with Crippen LogP contribution in [0.2, 0.25) is 0 Å². The summed E-state index contributed by atoms with van der Waals surface area (Å²) >= 11 is -1.41. The van der Waals surface area contributed by atoms with Crippen LogP contribution < -0.4 is 0 Å². The van der Waals surface area contributed by atoms with Gasteiger partial charge in [-0.3, -0.25) is 0 Å². The third-order valence-electron chi connectivity index (χ3n) is 5.62. The first-order chi connectivity index (χ1) is 11.9. The first-order valence-corrected chi connectivity index (χ1v) is 19.5. The van der Waals surface area contributed by atoms with E-state index in [0.717, 1.165) is 0 Å². The van der Waals surface area contributed by atoms with Crippen LogP contribution in [0, 0.1) is 59.2 Å². The fourth-order valence-electron chi connectivity index (χ4n) is 2.81. The Hall–Kier alpha value is 2.64. The predicted molar refractivity (Wildman–Crippen MR) is 113 cm³/mol. The van der Waals surface area contributed by atoms with Crippen molar-refractivity contribution in [1.29, 1.82) is 0 Å². The molecule has 0 spiro atoms. The van der Waals surface area contributed by atoms with Gasteiger partial charge in [-0.2, -0.15) is 0 Å². The molecule has 0 saturated heterocycles. The van der Waals surface area contributed by atoms with Crippen LogP contribution in [0.4, 0.5) is 0 Å². The van der Waals surface area contributed by atoms with E-state index < -0.39 is 35.2 Å². The number of hydrogen-bond acceptors (Lipinski definition) is 0. The molecule has 2 fully saturated rings. The second-order valence-corrected chi connectivity index (χ2v) is 13.1. The summed E-state index contributed by atoms with van der Waals surface area (Å²) in [4.78, 5) is 0. The molecule has 0 unspecified atom stereocenters. The van der Waals surface area contributed by atoms with Gasteiger partial charge in [-0.25, -0.2) is 0 Å². The Kier molecular flexibility index (Phi) is 19.4. The Labute approximate surface area is 198 Å². The van der Waals surface area contributed by atoms with Crippen LogP contribution in [0.15, 0.2) is 0 Å². The molecule has 0 aromatic heterocycles. The Morgan fingerprint density at radius 2 is 0.346 bits per heavy atom. The Balaban J connectivity index is 0. The van der Waals surface area contributed by atoms with E-state index in [1.807, 2.05) is 0 Å². The van der Waals surface area contributed by atoms with Crippen molar-refractivity contribution < 1.29 is 35.2 Å². The normalized spacial score (nSPS) is 23.0. The molecule has 2 aliphatic carbocycles. The van der Waals surface area contributed by atoms with Gasteiger partial charge < -0.3 is 0 Å². The molecule has 0 aromatic rings. The van der Waals surface area contributed by atoms with Crippen molar-refractivity contribution in [3.63, 3.8) is 0 Å². The predicted octanol–water partition coefficient (Wildman–Crippen LogP) is 8.70. The molecule has 26 heavy (non-hydrogen) atoms. The van der Waals surface area contributed by atoms with Gasteiger partial charge in [-0.15, -0.1) is 0 Å². The monoisotopic (exact) mass is 596 g/mol. The van der Waals surface area contributed by atoms with Gasteiger partial charge in [0.15, 0.2) is 0 Å². The van der Waals surface area contributed by atoms with E-state index in [1.54, 1.807) is 0 Å². The summed E-state index contributed by atoms with van der Waals surface area (Å²) in [6.45, 7) is 22.0. The molecule has 148 valence electrons. The van der Waals surface area contributed by atoms with Crippen LogP contribution in [0.1, 0.15) is 69.2 Å². The van der Waals surface area contributed by atoms with Crippen LogP contribution in [-0.4, -0.2) is 0 Å². The van der Waals surface area contributed by atoms with Crippen molar-refractivity contribution >= 4 is 36.8 Å². The van der Waals surface area contributed by atoms with Crippen molar-refractivity contribution in [2.45, 2.75) is 69.2 Å². The van der Waals surface area contributed by atoms with E-state index in [1.165, 1.54) is 59.2 Å². The molecule has 2 aliphatic rings. The van der Waals surface area contributed by atoms with Gasteiger partial charge in [0.1, 0.15) is 0 Å². The average Bonchev–Trinajstić information content (AvgIpc) is 2.87. The summed E-state index contributed by atoms with van der Waals surface area (Å²) < 4.78 is 0. The second-order valence-electron chi connectivity index (χ2n) is 6.38. The van der Waals surface area contributed by atoms with Crippen LogP contribution in [0.3, 0.4) is 0 Å². The molecule has 0 aromatic carbocycles. The van der Waals surface area contributed by atoms with E-state index in [4.69, 9.17) is 36.8 Å². The molecule has 0 atom stereocenters. The quantitative estimate of drug-likeness (QED) is 0.245. The second kappa shape index (κ2) is 16.3. The summed E-state index contributed by atoms with van der Waals surface area (Å²) in [5.41, 5.74) is 0. The maximum absolute atomic E-state index is 4.91. The maximum atomic E-state index is 4.91. The molecule has 2 rings (SSSR count). The Morgan fingerprint density at radius 3 is 0.385 bits per heavy atom. The van der Waals surface area contributed by atoms with Crippen LogP contribution in [0.5, 0.6) is 0 Å². The van der Waals surface area contributed by atoms with Crippen molar-refractivity contribution in [2.75, 3.05) is 0 Å². The van der Waals surface area contributed by atoms with E-state index in [9.17, 15) is 0 Å². The summed E-state index contributed by atoms with van der Waals surface area (Å²) in [5, 5.41) is 0. The molecule has 0 amide bonds. The third-order valence-corrected chi connectivity index (χ3v) is 5.62. The summed E-state index contributed by atoms with van der Waals surface area (Å²) in [7, 11) is 19.7. The zero-order valence-corrected chi connectivity index (χ0v) is 24.8. The molecule has 6 heteroatoms. The van der Waals surface area contributed by atoms with Gasteiger partial charge in [-0.1, -0.05) is 69.2 Å². The standard InChI is InChI=1S/2C10H15.4ClH.2Nb/c2*1-6-7(2)9(4)10(5)8(6)3;;;;;;/h2*1-5H3;4*1H;;/q;;;;;;2*+2/p-4. The topological polar surface area (TPSA) is 0 Å². The number of rotatable bonds is 0. The molecule has 0 aliphatic heterocycles. The van der Waals surface area contributed by atoms with E-state index >= 15 is 0 Å². The molecule has 10 radical (unpaired) electrons. The van der Waals surface area contributed by atoms with Gasteiger partial charge >= 0.3 is 71.9 Å². The fraction of sp³-hybridized carbons (Fsp3) is 0.500. The number of halogens is 4. The zero-order chi connectivity index (χ0) is 21.2. The SMILES string of the molecule is C[C]1[C](C)[C](C)[C](C)[C]1C.C[C]1[C](C)[C](C)[C](C)[C]1C.[Cl][Nb][Cl].[Cl][Nb][Cl]. The third kappa shape index (κ3) is 9.63. The van der Waals surface area contributed by atoms with Crippen molar-refractivity contribution in [2.24, 2.45) is 0 Å². The summed E-state index contributed by atoms with van der Waals surface area (Å²) in [6, 6.07) is 0.